The number of nitrogens with one attached hydrogen (secondary N) is 1. The summed E-state index contributed by atoms with van der Waals surface area (Å²) >= 11 is 0. The summed E-state index contributed by atoms with van der Waals surface area (Å²) in [5.41, 5.74) is 0.516. The van der Waals surface area contributed by atoms with Crippen molar-refractivity contribution in [2.45, 2.75) is 51.9 Å². The molecule has 1 aliphatic carbocycles. The van der Waals surface area contributed by atoms with Crippen LogP contribution in [0.25, 0.3) is 0 Å². The van der Waals surface area contributed by atoms with Gasteiger partial charge in [-0.15, -0.1) is 0 Å². The Bertz CT molecular complexity index is 894. The van der Waals surface area contributed by atoms with E-state index < -0.39 is 24.1 Å². The lowest BCUT2D eigenvalue weighted by Crippen LogP contribution is -2.55. The number of rotatable bonds is 5. The molecule has 0 unspecified atom stereocenters. The van der Waals surface area contributed by atoms with Crippen molar-refractivity contribution in [2.75, 3.05) is 0 Å². The first-order valence-electron chi connectivity index (χ1n) is 10.1. The lowest BCUT2D eigenvalue weighted by molar-refractivity contribution is -0.123. The maximum atomic E-state index is 12.7. The fraction of sp³-hybridized carbons (Fsp3) is 0.375. The lowest BCUT2D eigenvalue weighted by Gasteiger charge is -2.45. The molecule has 0 saturated heterocycles. The summed E-state index contributed by atoms with van der Waals surface area (Å²) in [7, 11) is 0. The van der Waals surface area contributed by atoms with Gasteiger partial charge in [-0.05, 0) is 36.1 Å². The van der Waals surface area contributed by atoms with Crippen LogP contribution in [0.5, 0.6) is 0 Å². The van der Waals surface area contributed by atoms with Crippen LogP contribution >= 0.6 is 0 Å². The van der Waals surface area contributed by atoms with Gasteiger partial charge in [0.1, 0.15) is 12.2 Å². The number of hydrogen-bond donors (Lipinski definition) is 1. The van der Waals surface area contributed by atoms with Gasteiger partial charge in [0.15, 0.2) is 0 Å². The summed E-state index contributed by atoms with van der Waals surface area (Å²) in [4.78, 5) is 37.0. The van der Waals surface area contributed by atoms with E-state index in [0.29, 0.717) is 24.0 Å². The average molecular weight is 409 g/mol. The van der Waals surface area contributed by atoms with Crippen LogP contribution in [0.2, 0.25) is 0 Å². The monoisotopic (exact) mass is 409 g/mol. The Morgan fingerprint density at radius 1 is 0.833 bits per heavy atom. The number of carbonyl (C=O) groups is 3. The van der Waals surface area contributed by atoms with E-state index in [4.69, 9.17) is 9.47 Å². The maximum absolute atomic E-state index is 12.7. The zero-order valence-electron chi connectivity index (χ0n) is 17.5. The van der Waals surface area contributed by atoms with E-state index in [1.165, 1.54) is 6.92 Å². The maximum Gasteiger partial charge on any atom is 0.338 e. The second-order valence-corrected chi connectivity index (χ2v) is 8.30. The molecule has 6 heteroatoms. The molecular weight excluding hydrogens is 382 g/mol. The summed E-state index contributed by atoms with van der Waals surface area (Å²) in [5.74, 6) is -1.10. The highest BCUT2D eigenvalue weighted by Crippen LogP contribution is 2.39. The summed E-state index contributed by atoms with van der Waals surface area (Å²) < 4.78 is 11.6. The minimum atomic E-state index is -0.671. The summed E-state index contributed by atoms with van der Waals surface area (Å²) in [5, 5.41) is 2.95. The molecule has 1 aliphatic rings. The van der Waals surface area contributed by atoms with Crippen molar-refractivity contribution in [2.24, 2.45) is 5.41 Å². The fourth-order valence-corrected chi connectivity index (χ4v) is 3.80. The number of amides is 1. The van der Waals surface area contributed by atoms with Crippen LogP contribution < -0.4 is 5.32 Å². The Balaban J connectivity index is 1.81. The highest BCUT2D eigenvalue weighted by Gasteiger charge is 2.46. The molecule has 0 radical (unpaired) electrons. The van der Waals surface area contributed by atoms with Crippen molar-refractivity contribution >= 4 is 17.8 Å². The highest BCUT2D eigenvalue weighted by molar-refractivity contribution is 5.90. The van der Waals surface area contributed by atoms with Crippen molar-refractivity contribution in [1.82, 2.24) is 5.32 Å². The van der Waals surface area contributed by atoms with Crippen molar-refractivity contribution in [3.05, 3.63) is 71.8 Å². The molecule has 1 saturated carbocycles. The Kier molecular flexibility index (Phi) is 6.55. The van der Waals surface area contributed by atoms with Gasteiger partial charge in [0, 0.05) is 19.4 Å². The normalized spacial score (nSPS) is 22.6. The van der Waals surface area contributed by atoms with Gasteiger partial charge in [0.05, 0.1) is 11.1 Å². The molecule has 1 amide bonds. The molecule has 0 aromatic heterocycles. The van der Waals surface area contributed by atoms with Crippen LogP contribution in [0.3, 0.4) is 0 Å². The molecule has 30 heavy (non-hydrogen) atoms. The SMILES string of the molecule is CC(=O)N[C@@H]1C[C@@H](OC(=O)c2ccccc2)[C@H](OC(=O)c2ccccc2)CC1(C)C. The average Bonchev–Trinajstić information content (AvgIpc) is 2.72. The quantitative estimate of drug-likeness (QED) is 0.761. The third-order valence-electron chi connectivity index (χ3n) is 5.47. The molecule has 1 fully saturated rings. The third kappa shape index (κ3) is 5.26. The summed E-state index contributed by atoms with van der Waals surface area (Å²) in [6, 6.07) is 17.2. The number of ether oxygens (including phenoxy) is 2. The van der Waals surface area contributed by atoms with Gasteiger partial charge in [0.25, 0.3) is 0 Å². The van der Waals surface area contributed by atoms with Crippen LogP contribution in [0.15, 0.2) is 60.7 Å². The molecule has 2 aromatic carbocycles. The molecule has 2 aromatic rings. The van der Waals surface area contributed by atoms with Gasteiger partial charge in [-0.2, -0.15) is 0 Å². The number of esters is 2. The first kappa shape index (κ1) is 21.6. The first-order valence-corrected chi connectivity index (χ1v) is 10.1. The van der Waals surface area contributed by atoms with Crippen molar-refractivity contribution < 1.29 is 23.9 Å². The van der Waals surface area contributed by atoms with E-state index in [-0.39, 0.29) is 17.4 Å². The van der Waals surface area contributed by atoms with Crippen LogP contribution in [-0.2, 0) is 14.3 Å². The molecule has 0 aliphatic heterocycles. The molecule has 0 spiro atoms. The van der Waals surface area contributed by atoms with Gasteiger partial charge < -0.3 is 14.8 Å². The molecular formula is C24H27NO5. The van der Waals surface area contributed by atoms with Crippen LogP contribution in [-0.4, -0.2) is 36.1 Å². The minimum absolute atomic E-state index is 0.152. The highest BCUT2D eigenvalue weighted by atomic mass is 16.6. The third-order valence-corrected chi connectivity index (χ3v) is 5.47. The zero-order chi connectivity index (χ0) is 21.7. The fourth-order valence-electron chi connectivity index (χ4n) is 3.80. The molecule has 3 rings (SSSR count). The lowest BCUT2D eigenvalue weighted by atomic mass is 9.70. The Morgan fingerprint density at radius 2 is 1.30 bits per heavy atom. The number of hydrogen-bond acceptors (Lipinski definition) is 5. The largest absolute Gasteiger partial charge is 0.455 e. The second-order valence-electron chi connectivity index (χ2n) is 8.30. The smallest absolute Gasteiger partial charge is 0.338 e. The molecule has 158 valence electrons. The zero-order valence-corrected chi connectivity index (χ0v) is 17.5. The van der Waals surface area contributed by atoms with Gasteiger partial charge in [-0.25, -0.2) is 9.59 Å². The second kappa shape index (κ2) is 9.11. The summed E-state index contributed by atoms with van der Waals surface area (Å²) in [6.07, 6.45) is -0.484. The van der Waals surface area contributed by atoms with Crippen molar-refractivity contribution in [1.29, 1.82) is 0 Å². The topological polar surface area (TPSA) is 81.7 Å². The first-order chi connectivity index (χ1) is 14.3. The number of benzene rings is 2. The summed E-state index contributed by atoms with van der Waals surface area (Å²) in [6.45, 7) is 5.47. The van der Waals surface area contributed by atoms with E-state index in [9.17, 15) is 14.4 Å². The number of carbonyl (C=O) groups excluding carboxylic acids is 3. The predicted octanol–water partition coefficient (Wildman–Crippen LogP) is 3.76. The Hall–Kier alpha value is -3.15. The van der Waals surface area contributed by atoms with Crippen LogP contribution in [0, 0.1) is 5.41 Å². The van der Waals surface area contributed by atoms with Crippen LogP contribution in [0.1, 0.15) is 54.3 Å². The molecule has 0 heterocycles. The van der Waals surface area contributed by atoms with Crippen molar-refractivity contribution in [3.63, 3.8) is 0 Å². The van der Waals surface area contributed by atoms with Gasteiger partial charge in [-0.3, -0.25) is 4.79 Å². The Labute approximate surface area is 176 Å². The van der Waals surface area contributed by atoms with Gasteiger partial charge in [0.2, 0.25) is 5.91 Å². The van der Waals surface area contributed by atoms with Crippen molar-refractivity contribution in [3.8, 4) is 0 Å². The van der Waals surface area contributed by atoms with E-state index in [0.717, 1.165) is 0 Å². The molecule has 0 bridgehead atoms. The van der Waals surface area contributed by atoms with Crippen LogP contribution in [0.4, 0.5) is 0 Å². The van der Waals surface area contributed by atoms with Gasteiger partial charge in [-0.1, -0.05) is 50.2 Å². The predicted molar refractivity (Wildman–Crippen MR) is 112 cm³/mol. The van der Waals surface area contributed by atoms with E-state index in [1.54, 1.807) is 48.5 Å². The standard InChI is InChI=1S/C24H27NO5/c1-16(26)25-21-14-19(29-22(27)17-10-6-4-7-11-17)20(15-24(21,2)3)30-23(28)18-12-8-5-9-13-18/h4-13,19-21H,14-15H2,1-3H3,(H,25,26)/t19-,20-,21-/m1/s1. The molecule has 6 nitrogen and oxygen atoms in total. The van der Waals surface area contributed by atoms with E-state index in [2.05, 4.69) is 5.32 Å². The Morgan fingerprint density at radius 3 is 1.77 bits per heavy atom. The molecule has 3 atom stereocenters. The minimum Gasteiger partial charge on any atom is -0.455 e. The van der Waals surface area contributed by atoms with E-state index >= 15 is 0 Å². The van der Waals surface area contributed by atoms with E-state index in [1.807, 2.05) is 26.0 Å². The molecule has 1 N–H and O–H groups in total. The van der Waals surface area contributed by atoms with Gasteiger partial charge >= 0.3 is 11.9 Å².